The van der Waals surface area contributed by atoms with Gasteiger partial charge in [0.05, 0.1) is 11.0 Å². The molecule has 21 heavy (non-hydrogen) atoms. The van der Waals surface area contributed by atoms with Gasteiger partial charge >= 0.3 is 5.69 Å². The number of aryl methyl sites for hydroxylation is 1. The predicted molar refractivity (Wildman–Crippen MR) is 81.7 cm³/mol. The van der Waals surface area contributed by atoms with Crippen LogP contribution in [0.2, 0.25) is 0 Å². The Morgan fingerprint density at radius 1 is 1.48 bits per heavy atom. The van der Waals surface area contributed by atoms with Gasteiger partial charge in [-0.2, -0.15) is 5.10 Å². The van der Waals surface area contributed by atoms with Gasteiger partial charge in [0.25, 0.3) is 0 Å². The van der Waals surface area contributed by atoms with Crippen molar-refractivity contribution in [3.8, 4) is 0 Å². The zero-order valence-electron chi connectivity index (χ0n) is 13.1. The number of rotatable bonds is 4. The number of hydrogen-bond acceptors (Lipinski definition) is 6. The van der Waals surface area contributed by atoms with Crippen LogP contribution in [0.15, 0.2) is 0 Å². The molecule has 0 amide bonds. The third kappa shape index (κ3) is 2.86. The monoisotopic (exact) mass is 296 g/mol. The van der Waals surface area contributed by atoms with Gasteiger partial charge in [0.1, 0.15) is 5.69 Å². The van der Waals surface area contributed by atoms with Crippen molar-refractivity contribution in [3.63, 3.8) is 0 Å². The van der Waals surface area contributed by atoms with Crippen LogP contribution >= 0.6 is 0 Å². The molecule has 1 aromatic rings. The van der Waals surface area contributed by atoms with E-state index < -0.39 is 0 Å². The molecule has 8 heteroatoms. The topological polar surface area (TPSA) is 93.5 Å². The van der Waals surface area contributed by atoms with Gasteiger partial charge in [-0.3, -0.25) is 10.1 Å². The number of hydrogen-bond donors (Lipinski definition) is 1. The fourth-order valence-electron chi connectivity index (χ4n) is 2.86. The van der Waals surface area contributed by atoms with Crippen LogP contribution in [0.3, 0.4) is 0 Å². The Bertz CT molecular complexity index is 527. The quantitative estimate of drug-likeness (QED) is 0.651. The normalized spacial score (nSPS) is 20.3. The molecule has 8 nitrogen and oxygen atoms in total. The van der Waals surface area contributed by atoms with E-state index in [9.17, 15) is 10.1 Å². The maximum Gasteiger partial charge on any atom is 0.333 e. The summed E-state index contributed by atoms with van der Waals surface area (Å²) < 4.78 is 1.75. The fourth-order valence-corrected chi connectivity index (χ4v) is 2.86. The molecule has 1 unspecified atom stereocenters. The Labute approximate surface area is 124 Å². The molecule has 0 spiro atoms. The van der Waals surface area contributed by atoms with E-state index in [4.69, 9.17) is 5.73 Å². The Balaban J connectivity index is 2.52. The van der Waals surface area contributed by atoms with E-state index in [-0.39, 0.29) is 22.7 Å². The van der Waals surface area contributed by atoms with Crippen LogP contribution < -0.4 is 10.6 Å². The Morgan fingerprint density at radius 3 is 2.67 bits per heavy atom. The van der Waals surface area contributed by atoms with Crippen LogP contribution in [0.25, 0.3) is 0 Å². The van der Waals surface area contributed by atoms with Crippen LogP contribution in [-0.4, -0.2) is 58.9 Å². The van der Waals surface area contributed by atoms with Crippen molar-refractivity contribution < 1.29 is 4.92 Å². The van der Waals surface area contributed by atoms with Crippen molar-refractivity contribution in [1.29, 1.82) is 0 Å². The molecule has 2 heterocycles. The number of aromatic nitrogens is 2. The van der Waals surface area contributed by atoms with Gasteiger partial charge in [-0.25, -0.2) is 4.68 Å². The fraction of sp³-hybridized carbons (Fsp3) is 0.769. The van der Waals surface area contributed by atoms with E-state index in [0.717, 1.165) is 19.6 Å². The highest BCUT2D eigenvalue weighted by Crippen LogP contribution is 2.35. The molecule has 1 atom stereocenters. The second kappa shape index (κ2) is 5.98. The second-order valence-corrected chi connectivity index (χ2v) is 5.90. The van der Waals surface area contributed by atoms with Gasteiger partial charge < -0.3 is 15.5 Å². The van der Waals surface area contributed by atoms with Gasteiger partial charge in [0, 0.05) is 32.2 Å². The number of nitrogens with zero attached hydrogens (tertiary/aromatic N) is 5. The van der Waals surface area contributed by atoms with Crippen LogP contribution in [0.5, 0.6) is 0 Å². The van der Waals surface area contributed by atoms with Crippen molar-refractivity contribution >= 4 is 11.5 Å². The summed E-state index contributed by atoms with van der Waals surface area (Å²) in [6.45, 7) is 8.49. The lowest BCUT2D eigenvalue weighted by atomic mass is 10.1. The highest BCUT2D eigenvalue weighted by Gasteiger charge is 2.35. The van der Waals surface area contributed by atoms with Crippen LogP contribution in [0.4, 0.5) is 11.5 Å². The van der Waals surface area contributed by atoms with E-state index in [0.29, 0.717) is 18.1 Å². The average Bonchev–Trinajstić information content (AvgIpc) is 2.76. The lowest BCUT2D eigenvalue weighted by Gasteiger charge is -2.40. The Kier molecular flexibility index (Phi) is 4.48. The summed E-state index contributed by atoms with van der Waals surface area (Å²) in [5.41, 5.74) is 6.44. The van der Waals surface area contributed by atoms with Gasteiger partial charge in [-0.15, -0.1) is 0 Å². The van der Waals surface area contributed by atoms with Crippen LogP contribution in [-0.2, 0) is 0 Å². The molecule has 0 radical (unpaired) electrons. The van der Waals surface area contributed by atoms with Crippen molar-refractivity contribution in [2.75, 3.05) is 38.1 Å². The minimum atomic E-state index is -0.331. The van der Waals surface area contributed by atoms with E-state index in [1.165, 1.54) is 0 Å². The lowest BCUT2D eigenvalue weighted by molar-refractivity contribution is -0.384. The molecule has 0 aromatic carbocycles. The maximum absolute atomic E-state index is 11.5. The summed E-state index contributed by atoms with van der Waals surface area (Å²) in [5.74, 6) is 0.594. The number of nitrogens with two attached hydrogens (primary N) is 1. The molecule has 118 valence electrons. The first-order valence-corrected chi connectivity index (χ1v) is 7.25. The summed E-state index contributed by atoms with van der Waals surface area (Å²) in [6, 6.07) is 0.126. The maximum atomic E-state index is 11.5. The first kappa shape index (κ1) is 15.7. The summed E-state index contributed by atoms with van der Waals surface area (Å²) >= 11 is 0. The molecule has 0 saturated carbocycles. The van der Waals surface area contributed by atoms with Gasteiger partial charge in [0.15, 0.2) is 0 Å². The molecular formula is C13H24N6O2. The molecule has 0 bridgehead atoms. The number of nitro groups is 1. The molecular weight excluding hydrogens is 272 g/mol. The molecule has 0 aliphatic carbocycles. The molecule has 1 aromatic heterocycles. The lowest BCUT2D eigenvalue weighted by Crippen LogP contribution is -2.55. The second-order valence-electron chi connectivity index (χ2n) is 5.90. The predicted octanol–water partition coefficient (Wildman–Crippen LogP) is 0.760. The van der Waals surface area contributed by atoms with E-state index in [2.05, 4.69) is 14.9 Å². The summed E-state index contributed by atoms with van der Waals surface area (Å²) in [4.78, 5) is 15.4. The van der Waals surface area contributed by atoms with E-state index in [1.54, 1.807) is 11.6 Å². The number of likely N-dealkylation sites (N-methyl/N-ethyl adjacent to an activating group) is 1. The van der Waals surface area contributed by atoms with Gasteiger partial charge in [0.2, 0.25) is 5.82 Å². The smallest absolute Gasteiger partial charge is 0.333 e. The van der Waals surface area contributed by atoms with Crippen molar-refractivity contribution in [1.82, 2.24) is 14.7 Å². The Hall–Kier alpha value is -1.67. The zero-order valence-corrected chi connectivity index (χ0v) is 13.1. The molecule has 1 fully saturated rings. The van der Waals surface area contributed by atoms with Crippen LogP contribution in [0.1, 0.15) is 25.6 Å². The molecule has 1 saturated heterocycles. The summed E-state index contributed by atoms with van der Waals surface area (Å²) in [7, 11) is 2.04. The minimum absolute atomic E-state index is 0.0606. The molecule has 2 rings (SSSR count). The summed E-state index contributed by atoms with van der Waals surface area (Å²) in [5, 5.41) is 15.8. The highest BCUT2D eigenvalue weighted by molar-refractivity contribution is 5.62. The average molecular weight is 296 g/mol. The van der Waals surface area contributed by atoms with Crippen molar-refractivity contribution in [2.24, 2.45) is 5.73 Å². The number of piperazine rings is 1. The molecule has 1 aliphatic heterocycles. The minimum Gasteiger partial charge on any atom is -0.344 e. The van der Waals surface area contributed by atoms with Crippen LogP contribution in [0, 0.1) is 17.0 Å². The molecule has 1 aliphatic rings. The van der Waals surface area contributed by atoms with Crippen molar-refractivity contribution in [3.05, 3.63) is 15.8 Å². The third-order valence-electron chi connectivity index (χ3n) is 3.93. The van der Waals surface area contributed by atoms with E-state index >= 15 is 0 Å². The largest absolute Gasteiger partial charge is 0.344 e. The van der Waals surface area contributed by atoms with E-state index in [1.807, 2.05) is 20.9 Å². The SMILES string of the molecule is Cc1nn(C(C)C)c(N2CCN(C)CC2CN)c1[N+](=O)[O-]. The standard InChI is InChI=1S/C13H24N6O2/c1-9(2)18-13(12(19(20)21)10(3)15-18)17-6-5-16(4)8-11(17)7-14/h9,11H,5-8,14H2,1-4H3. The Morgan fingerprint density at radius 2 is 2.14 bits per heavy atom. The zero-order chi connectivity index (χ0) is 15.7. The molecule has 2 N–H and O–H groups in total. The highest BCUT2D eigenvalue weighted by atomic mass is 16.6. The third-order valence-corrected chi connectivity index (χ3v) is 3.93. The van der Waals surface area contributed by atoms with Crippen molar-refractivity contribution in [2.45, 2.75) is 32.9 Å². The van der Waals surface area contributed by atoms with Gasteiger partial charge in [-0.05, 0) is 27.8 Å². The summed E-state index contributed by atoms with van der Waals surface area (Å²) in [6.07, 6.45) is 0. The first-order chi connectivity index (χ1) is 9.86. The van der Waals surface area contributed by atoms with Gasteiger partial charge in [-0.1, -0.05) is 0 Å². The number of anilines is 1. The first-order valence-electron chi connectivity index (χ1n) is 7.25.